The molecule has 1 fully saturated rings. The van der Waals surface area contributed by atoms with Gasteiger partial charge in [0.25, 0.3) is 0 Å². The summed E-state index contributed by atoms with van der Waals surface area (Å²) in [6, 6.07) is 17.0. The second kappa shape index (κ2) is 8.45. The van der Waals surface area contributed by atoms with Gasteiger partial charge in [0.2, 0.25) is 0 Å². The number of benzene rings is 2. The van der Waals surface area contributed by atoms with Gasteiger partial charge in [0.05, 0.1) is 0 Å². The van der Waals surface area contributed by atoms with Crippen molar-refractivity contribution >= 4 is 0 Å². The van der Waals surface area contributed by atoms with Crippen molar-refractivity contribution in [2.45, 2.75) is 38.5 Å². The standard InChI is InChI=1S/C21H26FNO2/c1-16(18-11-12-18)23(13-17-7-3-2-4-8-17)14-19(24)15-25-21-10-6-5-9-20(21)22/h2-10,16,18-19,24H,11-15H2,1H3. The van der Waals surface area contributed by atoms with E-state index in [1.807, 2.05) is 18.2 Å². The lowest BCUT2D eigenvalue weighted by Crippen LogP contribution is -2.41. The first kappa shape index (κ1) is 17.9. The summed E-state index contributed by atoms with van der Waals surface area (Å²) in [5, 5.41) is 10.4. The number of aliphatic hydroxyl groups is 1. The fourth-order valence-corrected chi connectivity index (χ4v) is 3.14. The Morgan fingerprint density at radius 2 is 1.80 bits per heavy atom. The van der Waals surface area contributed by atoms with Gasteiger partial charge in [0, 0.05) is 19.1 Å². The minimum absolute atomic E-state index is 0.0869. The van der Waals surface area contributed by atoms with Gasteiger partial charge in [0.1, 0.15) is 12.7 Å². The highest BCUT2D eigenvalue weighted by Crippen LogP contribution is 2.35. The SMILES string of the molecule is CC(C1CC1)N(Cc1ccccc1)CC(O)COc1ccccc1F. The van der Waals surface area contributed by atoms with E-state index in [-0.39, 0.29) is 12.4 Å². The van der Waals surface area contributed by atoms with Crippen LogP contribution in [0.25, 0.3) is 0 Å². The molecule has 1 saturated carbocycles. The van der Waals surface area contributed by atoms with Crippen LogP contribution >= 0.6 is 0 Å². The van der Waals surface area contributed by atoms with E-state index in [1.54, 1.807) is 18.2 Å². The Hall–Kier alpha value is -1.91. The molecule has 3 rings (SSSR count). The summed E-state index contributed by atoms with van der Waals surface area (Å²) in [4.78, 5) is 2.31. The third kappa shape index (κ3) is 5.28. The Bertz CT molecular complexity index is 660. The Morgan fingerprint density at radius 1 is 1.12 bits per heavy atom. The molecule has 2 aromatic rings. The Kier molecular flexibility index (Phi) is 6.05. The summed E-state index contributed by atoms with van der Waals surface area (Å²) in [5.41, 5.74) is 1.23. The van der Waals surface area contributed by atoms with E-state index in [4.69, 9.17) is 4.74 Å². The van der Waals surface area contributed by atoms with Gasteiger partial charge in [-0.3, -0.25) is 4.90 Å². The van der Waals surface area contributed by atoms with E-state index in [0.717, 1.165) is 6.54 Å². The quantitative estimate of drug-likeness (QED) is 0.750. The number of para-hydroxylation sites is 1. The van der Waals surface area contributed by atoms with Gasteiger partial charge in [-0.2, -0.15) is 0 Å². The molecule has 4 heteroatoms. The van der Waals surface area contributed by atoms with Crippen molar-refractivity contribution in [1.82, 2.24) is 4.90 Å². The molecular weight excluding hydrogens is 317 g/mol. The van der Waals surface area contributed by atoms with Crippen LogP contribution in [-0.4, -0.2) is 35.3 Å². The van der Waals surface area contributed by atoms with Crippen LogP contribution in [0, 0.1) is 11.7 Å². The van der Waals surface area contributed by atoms with Crippen molar-refractivity contribution in [3.05, 3.63) is 66.0 Å². The van der Waals surface area contributed by atoms with Crippen molar-refractivity contribution in [2.75, 3.05) is 13.2 Å². The third-order valence-corrected chi connectivity index (χ3v) is 4.82. The van der Waals surface area contributed by atoms with Gasteiger partial charge in [-0.1, -0.05) is 42.5 Å². The normalized spacial score (nSPS) is 16.6. The maximum absolute atomic E-state index is 13.6. The average Bonchev–Trinajstić information content (AvgIpc) is 3.46. The summed E-state index contributed by atoms with van der Waals surface area (Å²) in [5.74, 6) is 0.497. The zero-order chi connectivity index (χ0) is 17.6. The van der Waals surface area contributed by atoms with Crippen LogP contribution in [0.5, 0.6) is 5.75 Å². The van der Waals surface area contributed by atoms with E-state index in [9.17, 15) is 9.50 Å². The molecule has 0 amide bonds. The number of nitrogens with zero attached hydrogens (tertiary/aromatic N) is 1. The smallest absolute Gasteiger partial charge is 0.165 e. The highest BCUT2D eigenvalue weighted by atomic mass is 19.1. The zero-order valence-electron chi connectivity index (χ0n) is 14.6. The van der Waals surface area contributed by atoms with Gasteiger partial charge < -0.3 is 9.84 Å². The first-order valence-corrected chi connectivity index (χ1v) is 8.97. The zero-order valence-corrected chi connectivity index (χ0v) is 14.6. The number of halogens is 1. The highest BCUT2D eigenvalue weighted by molar-refractivity contribution is 5.23. The lowest BCUT2D eigenvalue weighted by Gasteiger charge is -2.31. The van der Waals surface area contributed by atoms with Gasteiger partial charge >= 0.3 is 0 Å². The lowest BCUT2D eigenvalue weighted by atomic mass is 10.1. The summed E-state index contributed by atoms with van der Waals surface area (Å²) in [6.07, 6.45) is 1.85. The second-order valence-electron chi connectivity index (χ2n) is 6.89. The van der Waals surface area contributed by atoms with Crippen LogP contribution in [0.4, 0.5) is 4.39 Å². The van der Waals surface area contributed by atoms with Crippen LogP contribution in [0.2, 0.25) is 0 Å². The lowest BCUT2D eigenvalue weighted by molar-refractivity contribution is 0.0462. The molecule has 0 radical (unpaired) electrons. The molecule has 1 aliphatic rings. The van der Waals surface area contributed by atoms with Crippen molar-refractivity contribution < 1.29 is 14.2 Å². The Balaban J connectivity index is 1.58. The summed E-state index contributed by atoms with van der Waals surface area (Å²) in [6.45, 7) is 3.63. The molecule has 0 bridgehead atoms. The van der Waals surface area contributed by atoms with E-state index >= 15 is 0 Å². The molecule has 2 unspecified atom stereocenters. The van der Waals surface area contributed by atoms with E-state index in [1.165, 1.54) is 24.5 Å². The first-order chi connectivity index (χ1) is 12.1. The summed E-state index contributed by atoms with van der Waals surface area (Å²) >= 11 is 0. The topological polar surface area (TPSA) is 32.7 Å². The van der Waals surface area contributed by atoms with E-state index in [0.29, 0.717) is 18.5 Å². The molecule has 0 aromatic heterocycles. The van der Waals surface area contributed by atoms with Crippen LogP contribution in [0.1, 0.15) is 25.3 Å². The summed E-state index contributed by atoms with van der Waals surface area (Å²) < 4.78 is 19.1. The van der Waals surface area contributed by atoms with Gasteiger partial charge in [-0.05, 0) is 43.4 Å². The van der Waals surface area contributed by atoms with Crippen molar-refractivity contribution in [2.24, 2.45) is 5.92 Å². The second-order valence-corrected chi connectivity index (χ2v) is 6.89. The monoisotopic (exact) mass is 343 g/mol. The molecule has 1 N–H and O–H groups in total. The van der Waals surface area contributed by atoms with Gasteiger partial charge in [0.15, 0.2) is 11.6 Å². The minimum Gasteiger partial charge on any atom is -0.488 e. The first-order valence-electron chi connectivity index (χ1n) is 8.97. The van der Waals surface area contributed by atoms with Gasteiger partial charge in [-0.25, -0.2) is 4.39 Å². The number of hydrogen-bond donors (Lipinski definition) is 1. The van der Waals surface area contributed by atoms with Crippen molar-refractivity contribution in [3.63, 3.8) is 0 Å². The fraction of sp³-hybridized carbons (Fsp3) is 0.429. The van der Waals surface area contributed by atoms with Crippen molar-refractivity contribution in [3.8, 4) is 5.75 Å². The molecular formula is C21H26FNO2. The van der Waals surface area contributed by atoms with Crippen LogP contribution in [0.15, 0.2) is 54.6 Å². The summed E-state index contributed by atoms with van der Waals surface area (Å²) in [7, 11) is 0. The molecule has 2 aromatic carbocycles. The predicted octanol–water partition coefficient (Wildman–Crippen LogP) is 3.87. The van der Waals surface area contributed by atoms with Crippen LogP contribution in [0.3, 0.4) is 0 Å². The fourth-order valence-electron chi connectivity index (χ4n) is 3.14. The molecule has 2 atom stereocenters. The maximum atomic E-state index is 13.6. The number of rotatable bonds is 9. The molecule has 0 spiro atoms. The third-order valence-electron chi connectivity index (χ3n) is 4.82. The number of hydrogen-bond acceptors (Lipinski definition) is 3. The molecule has 1 aliphatic carbocycles. The predicted molar refractivity (Wildman–Crippen MR) is 96.9 cm³/mol. The molecule has 25 heavy (non-hydrogen) atoms. The van der Waals surface area contributed by atoms with Crippen LogP contribution < -0.4 is 4.74 Å². The average molecular weight is 343 g/mol. The maximum Gasteiger partial charge on any atom is 0.165 e. The largest absolute Gasteiger partial charge is 0.488 e. The molecule has 0 heterocycles. The Morgan fingerprint density at radius 3 is 2.48 bits per heavy atom. The molecule has 0 aliphatic heterocycles. The highest BCUT2D eigenvalue weighted by Gasteiger charge is 2.32. The van der Waals surface area contributed by atoms with Crippen molar-refractivity contribution in [1.29, 1.82) is 0 Å². The number of aliphatic hydroxyl groups excluding tert-OH is 1. The van der Waals surface area contributed by atoms with E-state index < -0.39 is 11.9 Å². The minimum atomic E-state index is -0.662. The van der Waals surface area contributed by atoms with Gasteiger partial charge in [-0.15, -0.1) is 0 Å². The number of ether oxygens (including phenoxy) is 1. The van der Waals surface area contributed by atoms with E-state index in [2.05, 4.69) is 24.0 Å². The van der Waals surface area contributed by atoms with Crippen LogP contribution in [-0.2, 0) is 6.54 Å². The Labute approximate surface area is 149 Å². The molecule has 134 valence electrons. The molecule has 0 saturated heterocycles. The molecule has 3 nitrogen and oxygen atoms in total.